The molecule has 1 fully saturated rings. The summed E-state index contributed by atoms with van der Waals surface area (Å²) in [4.78, 5) is 12.7. The molecule has 26 heavy (non-hydrogen) atoms. The minimum Gasteiger partial charge on any atom is -0.460 e. The van der Waals surface area contributed by atoms with E-state index in [9.17, 15) is 10.1 Å². The zero-order valence-electron chi connectivity index (χ0n) is 14.8. The number of rotatable bonds is 4. The Morgan fingerprint density at radius 2 is 2.12 bits per heavy atom. The second kappa shape index (κ2) is 7.96. The molecule has 2 heterocycles. The van der Waals surface area contributed by atoms with Crippen molar-refractivity contribution in [2.75, 3.05) is 13.1 Å². The van der Waals surface area contributed by atoms with Gasteiger partial charge in [0.2, 0.25) is 0 Å². The van der Waals surface area contributed by atoms with E-state index in [2.05, 4.69) is 18.7 Å². The Kier molecular flexibility index (Phi) is 6.34. The molecule has 142 valence electrons. The third-order valence-electron chi connectivity index (χ3n) is 4.86. The molecule has 2 N–H and O–H groups in total. The van der Waals surface area contributed by atoms with Gasteiger partial charge in [-0.3, -0.25) is 15.0 Å². The Bertz CT molecular complexity index is 792. The topological polar surface area (TPSA) is 85.5 Å². The van der Waals surface area contributed by atoms with Crippen LogP contribution in [0.2, 0.25) is 5.02 Å². The fraction of sp³-hybridized carbons (Fsp3) is 0.444. The van der Waals surface area contributed by atoms with Gasteiger partial charge in [0.1, 0.15) is 11.5 Å². The Hall–Kier alpha value is -1.60. The molecule has 0 amide bonds. The zero-order valence-corrected chi connectivity index (χ0v) is 16.3. The lowest BCUT2D eigenvalue weighted by atomic mass is 9.80. The molecule has 3 rings (SSSR count). The van der Waals surface area contributed by atoms with Crippen LogP contribution in [0, 0.1) is 15.5 Å². The Labute approximate surface area is 163 Å². The van der Waals surface area contributed by atoms with E-state index < -0.39 is 4.92 Å². The molecular weight excluding hydrogens is 377 g/mol. The number of benzene rings is 1. The summed E-state index contributed by atoms with van der Waals surface area (Å²) in [5.41, 5.74) is 6.88. The summed E-state index contributed by atoms with van der Waals surface area (Å²) in [5.74, 6) is 1.46. The highest BCUT2D eigenvalue weighted by molar-refractivity contribution is 6.33. The van der Waals surface area contributed by atoms with Crippen LogP contribution in [0.3, 0.4) is 0 Å². The number of nitrogens with two attached hydrogens (primary N) is 1. The highest BCUT2D eigenvalue weighted by Gasteiger charge is 2.33. The van der Waals surface area contributed by atoms with Crippen LogP contribution in [-0.4, -0.2) is 29.0 Å². The van der Waals surface area contributed by atoms with Crippen molar-refractivity contribution in [3.63, 3.8) is 0 Å². The monoisotopic (exact) mass is 399 g/mol. The summed E-state index contributed by atoms with van der Waals surface area (Å²) in [6.45, 7) is 6.95. The summed E-state index contributed by atoms with van der Waals surface area (Å²) >= 11 is 6.17. The van der Waals surface area contributed by atoms with Crippen molar-refractivity contribution in [1.82, 2.24) is 4.90 Å². The predicted molar refractivity (Wildman–Crippen MR) is 105 cm³/mol. The van der Waals surface area contributed by atoms with Crippen LogP contribution in [0.15, 0.2) is 34.7 Å². The molecule has 0 radical (unpaired) electrons. The maximum Gasteiger partial charge on any atom is 0.270 e. The number of nitrogens with zero attached hydrogens (tertiary/aromatic N) is 2. The molecule has 0 bridgehead atoms. The van der Waals surface area contributed by atoms with Crippen LogP contribution >= 0.6 is 24.0 Å². The van der Waals surface area contributed by atoms with Gasteiger partial charge in [0, 0.05) is 36.8 Å². The lowest BCUT2D eigenvalue weighted by Gasteiger charge is -2.42. The molecule has 6 nitrogen and oxygen atoms in total. The number of piperidine rings is 1. The maximum absolute atomic E-state index is 10.8. The van der Waals surface area contributed by atoms with Gasteiger partial charge in [-0.1, -0.05) is 25.4 Å². The fourth-order valence-corrected chi connectivity index (χ4v) is 3.53. The highest BCUT2D eigenvalue weighted by atomic mass is 35.5. The van der Waals surface area contributed by atoms with E-state index in [1.165, 1.54) is 12.1 Å². The van der Waals surface area contributed by atoms with Gasteiger partial charge in [-0.25, -0.2) is 0 Å². The average Bonchev–Trinajstić information content (AvgIpc) is 2.98. The minimum absolute atomic E-state index is 0. The van der Waals surface area contributed by atoms with Crippen molar-refractivity contribution in [3.8, 4) is 11.3 Å². The van der Waals surface area contributed by atoms with Crippen molar-refractivity contribution < 1.29 is 9.34 Å². The number of furan rings is 1. The number of non-ortho nitro benzene ring substituents is 1. The highest BCUT2D eigenvalue weighted by Crippen LogP contribution is 2.33. The smallest absolute Gasteiger partial charge is 0.270 e. The van der Waals surface area contributed by atoms with Crippen LogP contribution in [0.5, 0.6) is 0 Å². The lowest BCUT2D eigenvalue weighted by molar-refractivity contribution is -0.384. The Balaban J connectivity index is 0.00000243. The lowest BCUT2D eigenvalue weighted by Crippen LogP contribution is -2.51. The van der Waals surface area contributed by atoms with E-state index in [-0.39, 0.29) is 29.6 Å². The second-order valence-electron chi connectivity index (χ2n) is 7.28. The third-order valence-corrected chi connectivity index (χ3v) is 5.17. The summed E-state index contributed by atoms with van der Waals surface area (Å²) in [7, 11) is 0. The number of hydrogen-bond donors (Lipinski definition) is 1. The first kappa shape index (κ1) is 20.7. The number of hydrogen-bond acceptors (Lipinski definition) is 5. The van der Waals surface area contributed by atoms with Crippen LogP contribution in [-0.2, 0) is 6.54 Å². The molecule has 1 aliphatic heterocycles. The van der Waals surface area contributed by atoms with E-state index in [1.807, 2.05) is 12.1 Å². The molecule has 1 aromatic carbocycles. The van der Waals surface area contributed by atoms with E-state index in [0.717, 1.165) is 25.3 Å². The molecule has 1 saturated heterocycles. The van der Waals surface area contributed by atoms with E-state index >= 15 is 0 Å². The molecule has 0 aliphatic carbocycles. The maximum atomic E-state index is 10.8. The third kappa shape index (κ3) is 4.38. The summed E-state index contributed by atoms with van der Waals surface area (Å²) in [6, 6.07) is 8.38. The van der Waals surface area contributed by atoms with Gasteiger partial charge in [0.05, 0.1) is 16.5 Å². The van der Waals surface area contributed by atoms with Crippen molar-refractivity contribution in [2.24, 2.45) is 11.1 Å². The minimum atomic E-state index is -0.466. The molecule has 1 aliphatic rings. The molecule has 1 unspecified atom stereocenters. The second-order valence-corrected chi connectivity index (χ2v) is 7.69. The number of likely N-dealkylation sites (tertiary alicyclic amines) is 1. The van der Waals surface area contributed by atoms with Crippen molar-refractivity contribution >= 4 is 29.7 Å². The Morgan fingerprint density at radius 1 is 1.38 bits per heavy atom. The normalized spacial score (nSPS) is 19.8. The van der Waals surface area contributed by atoms with Crippen LogP contribution < -0.4 is 5.73 Å². The predicted octanol–water partition coefficient (Wildman–Crippen LogP) is 4.49. The summed E-state index contributed by atoms with van der Waals surface area (Å²) < 4.78 is 5.92. The summed E-state index contributed by atoms with van der Waals surface area (Å²) in [6.07, 6.45) is 0.967. The number of halogens is 2. The largest absolute Gasteiger partial charge is 0.460 e. The summed E-state index contributed by atoms with van der Waals surface area (Å²) in [5, 5.41) is 11.1. The van der Waals surface area contributed by atoms with Gasteiger partial charge in [0.25, 0.3) is 5.69 Å². The van der Waals surface area contributed by atoms with E-state index in [0.29, 0.717) is 22.9 Å². The molecule has 1 atom stereocenters. The fourth-order valence-electron chi connectivity index (χ4n) is 3.27. The molecule has 2 aromatic rings. The molecule has 8 heteroatoms. The van der Waals surface area contributed by atoms with Gasteiger partial charge < -0.3 is 10.2 Å². The number of nitro groups is 1. The average molecular weight is 400 g/mol. The first-order valence-corrected chi connectivity index (χ1v) is 8.65. The zero-order chi connectivity index (χ0) is 18.2. The molecule has 1 aromatic heterocycles. The standard InChI is InChI=1S/C18H22ClN3O3.ClH/c1-18(2)11-21(8-7-17(18)20)10-13-4-6-16(25-13)14-5-3-12(22(23)24)9-15(14)19;/h3-6,9,17H,7-8,10-11,20H2,1-2H3;1H. The molecular formula is C18H23Cl2N3O3. The van der Waals surface area contributed by atoms with Crippen molar-refractivity contribution in [2.45, 2.75) is 32.9 Å². The van der Waals surface area contributed by atoms with Crippen molar-refractivity contribution in [1.29, 1.82) is 0 Å². The van der Waals surface area contributed by atoms with Crippen LogP contribution in [0.1, 0.15) is 26.0 Å². The SMILES string of the molecule is CC1(C)CN(Cc2ccc(-c3ccc([N+](=O)[O-])cc3Cl)o2)CCC1N.Cl. The van der Waals surface area contributed by atoms with Gasteiger partial charge in [-0.2, -0.15) is 0 Å². The first-order chi connectivity index (χ1) is 11.8. The van der Waals surface area contributed by atoms with Gasteiger partial charge in [-0.05, 0) is 30.0 Å². The van der Waals surface area contributed by atoms with Gasteiger partial charge >= 0.3 is 0 Å². The van der Waals surface area contributed by atoms with Crippen LogP contribution in [0.25, 0.3) is 11.3 Å². The first-order valence-electron chi connectivity index (χ1n) is 8.27. The van der Waals surface area contributed by atoms with Gasteiger partial charge in [0.15, 0.2) is 0 Å². The van der Waals surface area contributed by atoms with E-state index in [4.69, 9.17) is 21.8 Å². The molecule has 0 saturated carbocycles. The number of nitro benzene ring substituents is 1. The van der Waals surface area contributed by atoms with Gasteiger partial charge in [-0.15, -0.1) is 12.4 Å². The van der Waals surface area contributed by atoms with Crippen molar-refractivity contribution in [3.05, 3.63) is 51.2 Å². The van der Waals surface area contributed by atoms with E-state index in [1.54, 1.807) is 6.07 Å². The Morgan fingerprint density at radius 3 is 2.73 bits per heavy atom. The quantitative estimate of drug-likeness (QED) is 0.604. The molecule has 0 spiro atoms. The van der Waals surface area contributed by atoms with Crippen LogP contribution in [0.4, 0.5) is 5.69 Å².